The van der Waals surface area contributed by atoms with Crippen LogP contribution in [0.2, 0.25) is 5.02 Å². The van der Waals surface area contributed by atoms with Gasteiger partial charge in [-0.2, -0.15) is 10.4 Å². The third-order valence-corrected chi connectivity index (χ3v) is 4.52. The predicted octanol–water partition coefficient (Wildman–Crippen LogP) is 4.18. The van der Waals surface area contributed by atoms with E-state index >= 15 is 0 Å². The summed E-state index contributed by atoms with van der Waals surface area (Å²) in [5.74, 6) is 0.990. The monoisotopic (exact) mass is 430 g/mol. The van der Waals surface area contributed by atoms with Crippen molar-refractivity contribution in [2.75, 3.05) is 17.6 Å². The molecule has 3 rings (SSSR count). The standard InChI is InChI=1S/C18H16BrClN6/c19-12-9-15(20)18(24-11-12)23-8-4-7-16-14(10-21)17(22)26(25-16)13-5-2-1-3-6-13/h1-3,5-6,9,11H,4,7-8,22H2,(H,23,24). The van der Waals surface area contributed by atoms with Gasteiger partial charge in [-0.1, -0.05) is 29.8 Å². The minimum atomic E-state index is 0.360. The molecule has 0 saturated heterocycles. The Labute approximate surface area is 164 Å². The molecular formula is C18H16BrClN6. The topological polar surface area (TPSA) is 92.5 Å². The van der Waals surface area contributed by atoms with Gasteiger partial charge in [0.05, 0.1) is 16.4 Å². The van der Waals surface area contributed by atoms with E-state index in [2.05, 4.69) is 37.4 Å². The van der Waals surface area contributed by atoms with Crippen LogP contribution in [-0.2, 0) is 6.42 Å². The van der Waals surface area contributed by atoms with Crippen LogP contribution in [0.3, 0.4) is 0 Å². The number of nitrogens with zero attached hydrogens (tertiary/aromatic N) is 4. The molecule has 0 bridgehead atoms. The number of nitrogens with one attached hydrogen (secondary N) is 1. The molecule has 6 nitrogen and oxygen atoms in total. The van der Waals surface area contributed by atoms with E-state index < -0.39 is 0 Å². The number of anilines is 2. The van der Waals surface area contributed by atoms with Gasteiger partial charge in [0.2, 0.25) is 0 Å². The number of nitriles is 1. The number of nitrogens with two attached hydrogens (primary N) is 1. The normalized spacial score (nSPS) is 10.5. The van der Waals surface area contributed by atoms with Crippen LogP contribution in [0, 0.1) is 11.3 Å². The molecule has 0 saturated carbocycles. The number of para-hydroxylation sites is 1. The van der Waals surface area contributed by atoms with Crippen molar-refractivity contribution in [2.24, 2.45) is 0 Å². The molecule has 0 radical (unpaired) electrons. The summed E-state index contributed by atoms with van der Waals surface area (Å²) in [5.41, 5.74) is 8.05. The van der Waals surface area contributed by atoms with Crippen molar-refractivity contribution >= 4 is 39.2 Å². The van der Waals surface area contributed by atoms with Crippen LogP contribution in [0.1, 0.15) is 17.7 Å². The summed E-state index contributed by atoms with van der Waals surface area (Å²) in [6, 6.07) is 13.5. The maximum absolute atomic E-state index is 9.43. The highest BCUT2D eigenvalue weighted by molar-refractivity contribution is 9.10. The molecule has 2 heterocycles. The Kier molecular flexibility index (Phi) is 5.76. The van der Waals surface area contributed by atoms with E-state index in [0.29, 0.717) is 40.9 Å². The molecule has 8 heteroatoms. The smallest absolute Gasteiger partial charge is 0.145 e. The van der Waals surface area contributed by atoms with E-state index in [4.69, 9.17) is 17.3 Å². The summed E-state index contributed by atoms with van der Waals surface area (Å²) in [4.78, 5) is 4.23. The van der Waals surface area contributed by atoms with E-state index in [9.17, 15) is 5.26 Å². The number of halogens is 2. The number of benzene rings is 1. The zero-order valence-corrected chi connectivity index (χ0v) is 16.1. The quantitative estimate of drug-likeness (QED) is 0.571. The van der Waals surface area contributed by atoms with Crippen molar-refractivity contribution in [3.05, 3.63) is 63.3 Å². The van der Waals surface area contributed by atoms with Gasteiger partial charge in [0, 0.05) is 17.2 Å². The van der Waals surface area contributed by atoms with Gasteiger partial charge < -0.3 is 11.1 Å². The predicted molar refractivity (Wildman–Crippen MR) is 106 cm³/mol. The van der Waals surface area contributed by atoms with E-state index in [-0.39, 0.29) is 0 Å². The summed E-state index contributed by atoms with van der Waals surface area (Å²) in [6.07, 6.45) is 3.06. The third-order valence-electron chi connectivity index (χ3n) is 3.80. The van der Waals surface area contributed by atoms with Crippen LogP contribution in [0.25, 0.3) is 5.69 Å². The van der Waals surface area contributed by atoms with Gasteiger partial charge in [0.25, 0.3) is 0 Å². The molecule has 26 heavy (non-hydrogen) atoms. The van der Waals surface area contributed by atoms with Crippen LogP contribution < -0.4 is 11.1 Å². The number of pyridine rings is 1. The zero-order valence-electron chi connectivity index (χ0n) is 13.8. The number of hydrogen-bond acceptors (Lipinski definition) is 5. The minimum absolute atomic E-state index is 0.360. The van der Waals surface area contributed by atoms with Gasteiger partial charge in [-0.15, -0.1) is 0 Å². The molecule has 1 aromatic carbocycles. The Morgan fingerprint density at radius 2 is 2.08 bits per heavy atom. The second-order valence-electron chi connectivity index (χ2n) is 5.58. The molecule has 0 fully saturated rings. The number of aromatic nitrogens is 3. The molecule has 0 amide bonds. The van der Waals surface area contributed by atoms with Crippen LogP contribution in [-0.4, -0.2) is 21.3 Å². The lowest BCUT2D eigenvalue weighted by Gasteiger charge is -2.07. The van der Waals surface area contributed by atoms with E-state index in [0.717, 1.165) is 16.6 Å². The van der Waals surface area contributed by atoms with Crippen molar-refractivity contribution < 1.29 is 0 Å². The first-order chi connectivity index (χ1) is 12.6. The maximum atomic E-state index is 9.43. The lowest BCUT2D eigenvalue weighted by atomic mass is 10.1. The van der Waals surface area contributed by atoms with Gasteiger partial charge in [-0.3, -0.25) is 0 Å². The summed E-state index contributed by atoms with van der Waals surface area (Å²) >= 11 is 9.46. The highest BCUT2D eigenvalue weighted by Crippen LogP contribution is 2.24. The van der Waals surface area contributed by atoms with Gasteiger partial charge in [-0.25, -0.2) is 9.67 Å². The highest BCUT2D eigenvalue weighted by atomic mass is 79.9. The fourth-order valence-corrected chi connectivity index (χ4v) is 3.24. The molecule has 0 aliphatic rings. The third kappa shape index (κ3) is 3.98. The van der Waals surface area contributed by atoms with E-state index in [1.165, 1.54) is 0 Å². The van der Waals surface area contributed by atoms with Crippen LogP contribution in [0.4, 0.5) is 11.6 Å². The Balaban J connectivity index is 1.67. The first-order valence-electron chi connectivity index (χ1n) is 7.98. The van der Waals surface area contributed by atoms with Crippen molar-refractivity contribution in [1.29, 1.82) is 5.26 Å². The lowest BCUT2D eigenvalue weighted by molar-refractivity contribution is 0.789. The Morgan fingerprint density at radius 1 is 1.31 bits per heavy atom. The number of rotatable bonds is 6. The molecule has 3 aromatic rings. The Hall–Kier alpha value is -2.56. The Bertz CT molecular complexity index is 948. The Morgan fingerprint density at radius 3 is 2.77 bits per heavy atom. The lowest BCUT2D eigenvalue weighted by Crippen LogP contribution is -2.06. The van der Waals surface area contributed by atoms with E-state index in [1.807, 2.05) is 30.3 Å². The molecule has 0 unspecified atom stereocenters. The molecule has 0 aliphatic carbocycles. The van der Waals surface area contributed by atoms with Crippen molar-refractivity contribution in [3.8, 4) is 11.8 Å². The number of aryl methyl sites for hydroxylation is 1. The molecule has 0 aliphatic heterocycles. The summed E-state index contributed by atoms with van der Waals surface area (Å²) in [6.45, 7) is 0.650. The molecule has 0 spiro atoms. The van der Waals surface area contributed by atoms with Crippen LogP contribution >= 0.6 is 27.5 Å². The average molecular weight is 432 g/mol. The van der Waals surface area contributed by atoms with Gasteiger partial charge in [0.1, 0.15) is 23.3 Å². The maximum Gasteiger partial charge on any atom is 0.145 e. The molecule has 3 N–H and O–H groups in total. The summed E-state index contributed by atoms with van der Waals surface area (Å²) < 4.78 is 2.43. The highest BCUT2D eigenvalue weighted by Gasteiger charge is 2.16. The molecule has 132 valence electrons. The molecule has 0 atom stereocenters. The fraction of sp³-hybridized carbons (Fsp3) is 0.167. The van der Waals surface area contributed by atoms with Gasteiger partial charge >= 0.3 is 0 Å². The summed E-state index contributed by atoms with van der Waals surface area (Å²) in [7, 11) is 0. The second-order valence-corrected chi connectivity index (χ2v) is 6.90. The van der Waals surface area contributed by atoms with Gasteiger partial charge in [-0.05, 0) is 47.0 Å². The van der Waals surface area contributed by atoms with Crippen LogP contribution in [0.5, 0.6) is 0 Å². The number of nitrogen functional groups attached to an aromatic ring is 1. The largest absolute Gasteiger partial charge is 0.382 e. The van der Waals surface area contributed by atoms with E-state index in [1.54, 1.807) is 16.9 Å². The van der Waals surface area contributed by atoms with Crippen molar-refractivity contribution in [3.63, 3.8) is 0 Å². The zero-order chi connectivity index (χ0) is 18.5. The molecule has 2 aromatic heterocycles. The van der Waals surface area contributed by atoms with Crippen molar-refractivity contribution in [1.82, 2.24) is 14.8 Å². The first kappa shape index (κ1) is 18.2. The van der Waals surface area contributed by atoms with Gasteiger partial charge in [0.15, 0.2) is 0 Å². The molecular weight excluding hydrogens is 416 g/mol. The number of hydrogen-bond donors (Lipinski definition) is 2. The van der Waals surface area contributed by atoms with Crippen molar-refractivity contribution in [2.45, 2.75) is 12.8 Å². The SMILES string of the molecule is N#Cc1c(CCCNc2ncc(Br)cc2Cl)nn(-c2ccccc2)c1N. The summed E-state index contributed by atoms with van der Waals surface area (Å²) in [5, 5.41) is 17.7. The average Bonchev–Trinajstić information content (AvgIpc) is 2.96. The first-order valence-corrected chi connectivity index (χ1v) is 9.15. The second kappa shape index (κ2) is 8.21. The minimum Gasteiger partial charge on any atom is -0.382 e. The fourth-order valence-electron chi connectivity index (χ4n) is 2.55. The van der Waals surface area contributed by atoms with Crippen LogP contribution in [0.15, 0.2) is 47.1 Å².